The lowest BCUT2D eigenvalue weighted by molar-refractivity contribution is 0.0531. The molecule has 0 N–H and O–H groups in total. The molecule has 3 heterocycles. The van der Waals surface area contributed by atoms with Crippen molar-refractivity contribution in [1.29, 1.82) is 0 Å². The van der Waals surface area contributed by atoms with Crippen molar-refractivity contribution in [3.05, 3.63) is 40.5 Å². The molecule has 7 nitrogen and oxygen atoms in total. The van der Waals surface area contributed by atoms with Gasteiger partial charge in [0.15, 0.2) is 0 Å². The summed E-state index contributed by atoms with van der Waals surface area (Å²) in [5, 5.41) is 0.969. The van der Waals surface area contributed by atoms with Crippen LogP contribution in [0.2, 0.25) is 0 Å². The molecule has 0 amide bonds. The molecule has 0 bridgehead atoms. The van der Waals surface area contributed by atoms with Crippen LogP contribution in [0.3, 0.4) is 0 Å². The van der Waals surface area contributed by atoms with Gasteiger partial charge in [0.25, 0.3) is 0 Å². The standard InChI is InChI=1S/C23H28N4O3S/c1-5-30-23(28)20-15(2)19-21(24-16(3)25-22(19)31-20)27-12-6-11-26(13-14-27)17-7-9-18(29-4)10-8-17/h7-10H,5-6,11-14H2,1-4H3. The van der Waals surface area contributed by atoms with Gasteiger partial charge in [-0.05, 0) is 57.0 Å². The Bertz CT molecular complexity index is 1080. The SMILES string of the molecule is CCOC(=O)c1sc2nc(C)nc(N3CCCN(c4ccc(OC)cc4)CC3)c2c1C. The van der Waals surface area contributed by atoms with Crippen molar-refractivity contribution in [2.75, 3.05) is 49.7 Å². The summed E-state index contributed by atoms with van der Waals surface area (Å²) >= 11 is 1.40. The molecule has 0 saturated carbocycles. The summed E-state index contributed by atoms with van der Waals surface area (Å²) in [6, 6.07) is 8.22. The van der Waals surface area contributed by atoms with E-state index < -0.39 is 0 Å². The highest BCUT2D eigenvalue weighted by molar-refractivity contribution is 7.20. The second-order valence-corrected chi connectivity index (χ2v) is 8.58. The van der Waals surface area contributed by atoms with Gasteiger partial charge in [0.1, 0.15) is 27.1 Å². The third kappa shape index (κ3) is 4.30. The number of esters is 1. The average molecular weight is 441 g/mol. The third-order valence-corrected chi connectivity index (χ3v) is 6.74. The van der Waals surface area contributed by atoms with Crippen molar-refractivity contribution in [1.82, 2.24) is 9.97 Å². The van der Waals surface area contributed by atoms with Gasteiger partial charge >= 0.3 is 5.97 Å². The van der Waals surface area contributed by atoms with Crippen LogP contribution in [0.25, 0.3) is 10.2 Å². The predicted octanol–water partition coefficient (Wildman–Crippen LogP) is 4.21. The molecule has 164 valence electrons. The number of carbonyl (C=O) groups excluding carboxylic acids is 1. The first-order chi connectivity index (χ1) is 15.0. The van der Waals surface area contributed by atoms with E-state index in [2.05, 4.69) is 26.9 Å². The molecule has 3 aromatic rings. The van der Waals surface area contributed by atoms with E-state index in [-0.39, 0.29) is 5.97 Å². The van der Waals surface area contributed by atoms with E-state index >= 15 is 0 Å². The maximum absolute atomic E-state index is 12.4. The number of methoxy groups -OCH3 is 1. The predicted molar refractivity (Wildman–Crippen MR) is 125 cm³/mol. The lowest BCUT2D eigenvalue weighted by Crippen LogP contribution is -2.31. The summed E-state index contributed by atoms with van der Waals surface area (Å²) in [5.41, 5.74) is 2.10. The minimum atomic E-state index is -0.284. The van der Waals surface area contributed by atoms with E-state index in [1.54, 1.807) is 7.11 Å². The van der Waals surface area contributed by atoms with Crippen LogP contribution in [0.1, 0.15) is 34.4 Å². The highest BCUT2D eigenvalue weighted by atomic mass is 32.1. The fraction of sp³-hybridized carbons (Fsp3) is 0.435. The van der Waals surface area contributed by atoms with Gasteiger partial charge < -0.3 is 19.3 Å². The number of hydrogen-bond donors (Lipinski definition) is 0. The lowest BCUT2D eigenvalue weighted by atomic mass is 10.2. The molecule has 1 saturated heterocycles. The Morgan fingerprint density at radius 1 is 1.06 bits per heavy atom. The Balaban J connectivity index is 1.63. The Morgan fingerprint density at radius 3 is 2.48 bits per heavy atom. The molecule has 0 radical (unpaired) electrons. The number of hydrogen-bond acceptors (Lipinski definition) is 8. The van der Waals surface area contributed by atoms with Gasteiger partial charge in [0.2, 0.25) is 0 Å². The lowest BCUT2D eigenvalue weighted by Gasteiger charge is -2.25. The molecule has 1 aliphatic heterocycles. The monoisotopic (exact) mass is 440 g/mol. The number of thiophene rings is 1. The van der Waals surface area contributed by atoms with Gasteiger partial charge in [0.05, 0.1) is 19.1 Å². The fourth-order valence-corrected chi connectivity index (χ4v) is 5.14. The van der Waals surface area contributed by atoms with Gasteiger partial charge in [-0.25, -0.2) is 14.8 Å². The first kappa shape index (κ1) is 21.4. The zero-order valence-corrected chi connectivity index (χ0v) is 19.3. The number of fused-ring (bicyclic) bond motifs is 1. The second-order valence-electron chi connectivity index (χ2n) is 7.58. The Hall–Kier alpha value is -2.87. The largest absolute Gasteiger partial charge is 0.497 e. The van der Waals surface area contributed by atoms with Crippen molar-refractivity contribution in [2.45, 2.75) is 27.2 Å². The van der Waals surface area contributed by atoms with E-state index in [1.165, 1.54) is 17.0 Å². The summed E-state index contributed by atoms with van der Waals surface area (Å²) in [4.78, 5) is 28.0. The van der Waals surface area contributed by atoms with E-state index in [1.807, 2.05) is 32.9 Å². The van der Waals surface area contributed by atoms with Gasteiger partial charge in [-0.1, -0.05) is 0 Å². The highest BCUT2D eigenvalue weighted by Crippen LogP contribution is 2.36. The maximum Gasteiger partial charge on any atom is 0.348 e. The van der Waals surface area contributed by atoms with E-state index in [0.717, 1.165) is 65.8 Å². The van der Waals surface area contributed by atoms with E-state index in [4.69, 9.17) is 14.5 Å². The summed E-state index contributed by atoms with van der Waals surface area (Å²) in [7, 11) is 1.68. The van der Waals surface area contributed by atoms with Crippen molar-refractivity contribution >= 4 is 39.0 Å². The van der Waals surface area contributed by atoms with Crippen molar-refractivity contribution in [2.24, 2.45) is 0 Å². The molecule has 0 unspecified atom stereocenters. The normalized spacial score (nSPS) is 14.6. The molecular weight excluding hydrogens is 412 g/mol. The summed E-state index contributed by atoms with van der Waals surface area (Å²) in [6.07, 6.45) is 1.02. The van der Waals surface area contributed by atoms with Crippen LogP contribution in [-0.2, 0) is 4.74 Å². The topological polar surface area (TPSA) is 67.8 Å². The second kappa shape index (κ2) is 9.09. The zero-order valence-electron chi connectivity index (χ0n) is 18.5. The number of rotatable bonds is 5. The van der Waals surface area contributed by atoms with Crippen LogP contribution in [-0.4, -0.2) is 55.8 Å². The van der Waals surface area contributed by atoms with Gasteiger partial charge in [-0.15, -0.1) is 11.3 Å². The van der Waals surface area contributed by atoms with Gasteiger partial charge in [0, 0.05) is 31.9 Å². The Morgan fingerprint density at radius 2 is 1.77 bits per heavy atom. The average Bonchev–Trinajstić information content (AvgIpc) is 2.94. The number of anilines is 2. The first-order valence-corrected chi connectivity index (χ1v) is 11.4. The molecule has 1 aliphatic rings. The molecule has 31 heavy (non-hydrogen) atoms. The minimum absolute atomic E-state index is 0.284. The molecule has 1 fully saturated rings. The van der Waals surface area contributed by atoms with Crippen LogP contribution in [0.15, 0.2) is 24.3 Å². The number of carbonyl (C=O) groups is 1. The van der Waals surface area contributed by atoms with Crippen LogP contribution >= 0.6 is 11.3 Å². The Labute approximate surface area is 186 Å². The molecule has 0 spiro atoms. The number of aromatic nitrogens is 2. The minimum Gasteiger partial charge on any atom is -0.497 e. The maximum atomic E-state index is 12.4. The van der Waals surface area contributed by atoms with Gasteiger partial charge in [-0.2, -0.15) is 0 Å². The molecule has 1 aromatic carbocycles. The summed E-state index contributed by atoms with van der Waals surface area (Å²) in [5.74, 6) is 2.22. The number of nitrogens with zero attached hydrogens (tertiary/aromatic N) is 4. The zero-order chi connectivity index (χ0) is 22.0. The van der Waals surface area contributed by atoms with Crippen molar-refractivity contribution in [3.63, 3.8) is 0 Å². The number of benzene rings is 1. The Kier molecular flexibility index (Phi) is 6.27. The van der Waals surface area contributed by atoms with Crippen LogP contribution in [0.5, 0.6) is 5.75 Å². The van der Waals surface area contributed by atoms with Crippen molar-refractivity contribution in [3.8, 4) is 5.75 Å². The number of aryl methyl sites for hydroxylation is 2. The molecule has 0 aliphatic carbocycles. The van der Waals surface area contributed by atoms with Crippen LogP contribution < -0.4 is 14.5 Å². The van der Waals surface area contributed by atoms with Crippen LogP contribution in [0.4, 0.5) is 11.5 Å². The molecule has 0 atom stereocenters. The number of ether oxygens (including phenoxy) is 2. The smallest absolute Gasteiger partial charge is 0.348 e. The van der Waals surface area contributed by atoms with Crippen LogP contribution in [0, 0.1) is 13.8 Å². The fourth-order valence-electron chi connectivity index (χ4n) is 4.02. The molecular formula is C23H28N4O3S. The molecule has 2 aromatic heterocycles. The van der Waals surface area contributed by atoms with Gasteiger partial charge in [-0.3, -0.25) is 0 Å². The quantitative estimate of drug-likeness (QED) is 0.551. The highest BCUT2D eigenvalue weighted by Gasteiger charge is 2.25. The van der Waals surface area contributed by atoms with E-state index in [9.17, 15) is 4.79 Å². The van der Waals surface area contributed by atoms with E-state index in [0.29, 0.717) is 11.5 Å². The molecule has 4 rings (SSSR count). The first-order valence-electron chi connectivity index (χ1n) is 10.6. The molecule has 8 heteroatoms. The third-order valence-electron chi connectivity index (χ3n) is 5.58. The van der Waals surface area contributed by atoms with Crippen molar-refractivity contribution < 1.29 is 14.3 Å². The summed E-state index contributed by atoms with van der Waals surface area (Å²) < 4.78 is 10.5. The summed E-state index contributed by atoms with van der Waals surface area (Å²) in [6.45, 7) is 9.68.